The Bertz CT molecular complexity index is 2570. The summed E-state index contributed by atoms with van der Waals surface area (Å²) in [6.45, 7) is 15.0. The summed E-state index contributed by atoms with van der Waals surface area (Å²) < 4.78 is 0. The number of hydrogen-bond donors (Lipinski definition) is 0. The third kappa shape index (κ3) is 12.9. The molecule has 0 unspecified atom stereocenters. The maximum atomic E-state index is 3.56. The summed E-state index contributed by atoms with van der Waals surface area (Å²) in [6.07, 6.45) is 0. The van der Waals surface area contributed by atoms with E-state index >= 15 is 0 Å². The number of rotatable bonds is 11. The zero-order chi connectivity index (χ0) is 47.7. The molecule has 8 aromatic rings. The van der Waals surface area contributed by atoms with Crippen molar-refractivity contribution < 1.29 is 19.5 Å². The SMILES string of the molecule is C=C(C)C.C=C(C)C.CN(C)c1ccc(P(c2ccc(N(C)C)cc2)c2ccc3ccccc3c2-c2c(P(c3ccc(N(C)C)cc3)c3ccc(N(C)C)cc3)ccc3ccccc23)cc1.[Ru+3]. The Balaban J connectivity index is 0.000000866. The molecule has 7 heteroatoms. The van der Waals surface area contributed by atoms with Crippen molar-refractivity contribution in [1.29, 1.82) is 0 Å². The van der Waals surface area contributed by atoms with Gasteiger partial charge < -0.3 is 19.6 Å². The minimum absolute atomic E-state index is 0. The van der Waals surface area contributed by atoms with Crippen LogP contribution in [0.1, 0.15) is 27.7 Å². The summed E-state index contributed by atoms with van der Waals surface area (Å²) in [5.74, 6) is 0. The van der Waals surface area contributed by atoms with E-state index in [9.17, 15) is 0 Å². The van der Waals surface area contributed by atoms with Crippen molar-refractivity contribution in [2.24, 2.45) is 0 Å². The van der Waals surface area contributed by atoms with Gasteiger partial charge in [-0.1, -0.05) is 132 Å². The van der Waals surface area contributed by atoms with E-state index in [0.29, 0.717) is 0 Å². The van der Waals surface area contributed by atoms with Crippen LogP contribution in [-0.2, 0) is 19.5 Å². The Labute approximate surface area is 417 Å². The first kappa shape index (κ1) is 52.4. The molecule has 0 aliphatic carbocycles. The maximum Gasteiger partial charge on any atom is 3.00 e. The number of nitrogens with zero attached hydrogens (tertiary/aromatic N) is 4. The first-order valence-corrected chi connectivity index (χ1v) is 25.2. The van der Waals surface area contributed by atoms with E-state index in [-0.39, 0.29) is 19.5 Å². The van der Waals surface area contributed by atoms with Crippen molar-refractivity contribution in [3.63, 3.8) is 0 Å². The Morgan fingerprint density at radius 1 is 0.328 bits per heavy atom. The number of benzene rings is 8. The molecule has 8 rings (SSSR count). The molecule has 4 nitrogen and oxygen atoms in total. The summed E-state index contributed by atoms with van der Waals surface area (Å²) in [6, 6.07) is 64.6. The van der Waals surface area contributed by atoms with E-state index in [1.54, 1.807) is 0 Å². The minimum atomic E-state index is -0.987. The van der Waals surface area contributed by atoms with Crippen molar-refractivity contribution in [3.05, 3.63) is 194 Å². The number of fused-ring (bicyclic) bond motifs is 2. The van der Waals surface area contributed by atoms with Crippen molar-refractivity contribution in [2.75, 3.05) is 76.0 Å². The Kier molecular flexibility index (Phi) is 18.7. The topological polar surface area (TPSA) is 13.0 Å². The molecule has 0 aromatic heterocycles. The van der Waals surface area contributed by atoms with Crippen molar-refractivity contribution in [2.45, 2.75) is 27.7 Å². The second-order valence-corrected chi connectivity index (χ2v) is 22.5. The van der Waals surface area contributed by atoms with E-state index < -0.39 is 15.8 Å². The van der Waals surface area contributed by atoms with Gasteiger partial charge >= 0.3 is 19.5 Å². The average molecular weight is 1010 g/mol. The second kappa shape index (κ2) is 23.9. The molecule has 1 radical (unpaired) electrons. The van der Waals surface area contributed by atoms with Crippen molar-refractivity contribution in [3.8, 4) is 11.1 Å². The molecule has 0 spiro atoms. The fraction of sp³-hybridized carbons (Fsp3) is 0.200. The minimum Gasteiger partial charge on any atom is -0.378 e. The Morgan fingerprint density at radius 3 is 0.776 bits per heavy atom. The quantitative estimate of drug-likeness (QED) is 0.0727. The van der Waals surface area contributed by atoms with Gasteiger partial charge in [0.1, 0.15) is 0 Å². The van der Waals surface area contributed by atoms with Crippen LogP contribution in [0.2, 0.25) is 0 Å². The van der Waals surface area contributed by atoms with Gasteiger partial charge in [0.05, 0.1) is 0 Å². The molecule has 0 aliphatic rings. The molecule has 0 bridgehead atoms. The normalized spacial score (nSPS) is 10.7. The van der Waals surface area contributed by atoms with Crippen LogP contribution >= 0.6 is 15.8 Å². The van der Waals surface area contributed by atoms with Gasteiger partial charge in [0, 0.05) is 79.1 Å². The molecule has 0 N–H and O–H groups in total. The standard InChI is InChI=1S/C52H52N4P2.2C4H8.Ru/c1-53(2)39-19-27-43(28-20-39)57(44-29-21-40(22-30-44)54(3)4)49-35-17-37-13-9-11-15-47(37)51(49)52-48-16-12-10-14-38(48)18-36-50(52)58(45-31-23-41(24-32-45)55(5)6)46-33-25-42(26-34-46)56(7)8;2*1-4(2)3;/h9-36H,1-8H3;2*1H2,2-3H3;/q;;;+3. The summed E-state index contributed by atoms with van der Waals surface area (Å²) in [5.41, 5.74) is 9.77. The predicted molar refractivity (Wildman–Crippen MR) is 303 cm³/mol. The molecule has 0 heterocycles. The van der Waals surface area contributed by atoms with E-state index in [4.69, 9.17) is 0 Å². The Morgan fingerprint density at radius 2 is 0.552 bits per heavy atom. The molecule has 0 saturated heterocycles. The van der Waals surface area contributed by atoms with Gasteiger partial charge in [-0.15, -0.1) is 13.2 Å². The summed E-state index contributed by atoms with van der Waals surface area (Å²) in [4.78, 5) is 8.72. The molecule has 0 saturated carbocycles. The van der Waals surface area contributed by atoms with E-state index in [1.165, 1.54) is 98.4 Å². The smallest absolute Gasteiger partial charge is 0.378 e. The van der Waals surface area contributed by atoms with Crippen LogP contribution in [0.5, 0.6) is 0 Å². The van der Waals surface area contributed by atoms with Crippen LogP contribution in [0.15, 0.2) is 194 Å². The molecule has 0 aliphatic heterocycles. The molecule has 0 amide bonds. The maximum absolute atomic E-state index is 3.56. The average Bonchev–Trinajstić information content (AvgIpc) is 3.29. The first-order chi connectivity index (χ1) is 31.5. The number of allylic oxidation sites excluding steroid dienone is 2. The van der Waals surface area contributed by atoms with Gasteiger partial charge in [-0.05, 0) is 157 Å². The molecule has 67 heavy (non-hydrogen) atoms. The van der Waals surface area contributed by atoms with Crippen LogP contribution in [0.25, 0.3) is 32.7 Å². The van der Waals surface area contributed by atoms with E-state index in [1.807, 2.05) is 27.7 Å². The largest absolute Gasteiger partial charge is 3.00 e. The monoisotopic (exact) mass is 1010 g/mol. The van der Waals surface area contributed by atoms with Crippen molar-refractivity contribution in [1.82, 2.24) is 0 Å². The van der Waals surface area contributed by atoms with Crippen LogP contribution in [0, 0.1) is 0 Å². The van der Waals surface area contributed by atoms with Gasteiger partial charge in [-0.2, -0.15) is 0 Å². The van der Waals surface area contributed by atoms with Crippen LogP contribution < -0.4 is 51.4 Å². The summed E-state index contributed by atoms with van der Waals surface area (Å²) in [5, 5.41) is 13.1. The number of anilines is 4. The first-order valence-electron chi connectivity index (χ1n) is 22.5. The third-order valence-corrected chi connectivity index (χ3v) is 16.0. The van der Waals surface area contributed by atoms with E-state index in [2.05, 4.69) is 259 Å². The summed E-state index contributed by atoms with van der Waals surface area (Å²) >= 11 is 0. The fourth-order valence-electron chi connectivity index (χ4n) is 7.87. The molecule has 0 atom stereocenters. The van der Waals surface area contributed by atoms with Crippen molar-refractivity contribution >= 4 is 92.0 Å². The molecule has 343 valence electrons. The summed E-state index contributed by atoms with van der Waals surface area (Å²) in [7, 11) is 14.9. The van der Waals surface area contributed by atoms with Gasteiger partial charge in [-0.25, -0.2) is 0 Å². The molecular weight excluding hydrogens is 940 g/mol. The molecule has 8 aromatic carbocycles. The molecule has 0 fully saturated rings. The third-order valence-electron chi connectivity index (χ3n) is 11.0. The van der Waals surface area contributed by atoms with Gasteiger partial charge in [0.25, 0.3) is 0 Å². The van der Waals surface area contributed by atoms with Gasteiger partial charge in [0.15, 0.2) is 0 Å². The van der Waals surface area contributed by atoms with E-state index in [0.717, 1.165) is 0 Å². The fourth-order valence-corrected chi connectivity index (χ4v) is 12.7. The Hall–Kier alpha value is -5.56. The molecular formula is C60H68N4P2Ru+3. The number of hydrogen-bond acceptors (Lipinski definition) is 4. The van der Waals surface area contributed by atoms with Crippen LogP contribution in [0.3, 0.4) is 0 Å². The van der Waals surface area contributed by atoms with Crippen LogP contribution in [-0.4, -0.2) is 56.4 Å². The van der Waals surface area contributed by atoms with Crippen LogP contribution in [0.4, 0.5) is 22.7 Å². The second-order valence-electron chi connectivity index (χ2n) is 18.1. The van der Waals surface area contributed by atoms with Gasteiger partial charge in [-0.3, -0.25) is 0 Å². The zero-order valence-corrected chi connectivity index (χ0v) is 45.1. The zero-order valence-electron chi connectivity index (χ0n) is 41.6. The van der Waals surface area contributed by atoms with Gasteiger partial charge in [0.2, 0.25) is 0 Å². The predicted octanol–water partition coefficient (Wildman–Crippen LogP) is 12.6.